The minimum atomic E-state index is -0.699. The van der Waals surface area contributed by atoms with Gasteiger partial charge in [-0.2, -0.15) is 5.10 Å². The summed E-state index contributed by atoms with van der Waals surface area (Å²) in [4.78, 5) is 36.6. The van der Waals surface area contributed by atoms with Gasteiger partial charge < -0.3 is 14.8 Å². The minimum Gasteiger partial charge on any atom is -0.463 e. The first kappa shape index (κ1) is 24.6. The van der Waals surface area contributed by atoms with E-state index in [-0.39, 0.29) is 18.9 Å². The number of ether oxygens (including phenoxy) is 2. The standard InChI is InChI=1S/C26H26N4O6/c1-5-35-25(31)18-11-7-10-17(13-18)23-22-21(16-9-8-12-19(14-16)30(33)34)20(26(32)36-6-2)15(3)27-24(22)29(4)28-23/h7-14,21,27H,5-6H2,1-4H3. The summed E-state index contributed by atoms with van der Waals surface area (Å²) in [5, 5.41) is 19.5. The summed E-state index contributed by atoms with van der Waals surface area (Å²) in [5.41, 5.74) is 3.52. The fraction of sp³-hybridized carbons (Fsp3) is 0.269. The number of esters is 2. The number of nitro groups is 1. The highest BCUT2D eigenvalue weighted by Gasteiger charge is 2.38. The Kier molecular flexibility index (Phi) is 6.86. The van der Waals surface area contributed by atoms with Crippen molar-refractivity contribution < 1.29 is 24.0 Å². The molecule has 0 saturated carbocycles. The maximum Gasteiger partial charge on any atom is 0.338 e. The van der Waals surface area contributed by atoms with Gasteiger partial charge in [0.1, 0.15) is 5.82 Å². The maximum absolute atomic E-state index is 13.1. The van der Waals surface area contributed by atoms with Crippen LogP contribution in [0.5, 0.6) is 0 Å². The first-order chi connectivity index (χ1) is 17.3. The topological polar surface area (TPSA) is 126 Å². The molecule has 36 heavy (non-hydrogen) atoms. The first-order valence-electron chi connectivity index (χ1n) is 11.5. The molecule has 186 valence electrons. The van der Waals surface area contributed by atoms with Crippen molar-refractivity contribution in [2.24, 2.45) is 7.05 Å². The number of carbonyl (C=O) groups excluding carboxylic acids is 2. The highest BCUT2D eigenvalue weighted by atomic mass is 16.6. The molecule has 1 atom stereocenters. The van der Waals surface area contributed by atoms with Crippen LogP contribution in [0.15, 0.2) is 59.8 Å². The summed E-state index contributed by atoms with van der Waals surface area (Å²) in [5.74, 6) is -1.05. The summed E-state index contributed by atoms with van der Waals surface area (Å²) < 4.78 is 12.2. The number of hydrogen-bond donors (Lipinski definition) is 1. The number of hydrogen-bond acceptors (Lipinski definition) is 8. The number of aryl methyl sites for hydroxylation is 1. The second-order valence-corrected chi connectivity index (χ2v) is 8.21. The summed E-state index contributed by atoms with van der Waals surface area (Å²) >= 11 is 0. The quantitative estimate of drug-likeness (QED) is 0.290. The average Bonchev–Trinajstić information content (AvgIpc) is 3.19. The Balaban J connectivity index is 1.96. The SMILES string of the molecule is CCOC(=O)C1=C(C)Nc2c(c(-c3cccc(C(=O)OCC)c3)nn2C)C1c1cccc([N+](=O)[O-])c1. The van der Waals surface area contributed by atoms with Crippen molar-refractivity contribution in [3.63, 3.8) is 0 Å². The summed E-state index contributed by atoms with van der Waals surface area (Å²) in [7, 11) is 1.76. The Morgan fingerprint density at radius 2 is 1.78 bits per heavy atom. The van der Waals surface area contributed by atoms with Crippen LogP contribution in [0, 0.1) is 10.1 Å². The number of nitro benzene ring substituents is 1. The van der Waals surface area contributed by atoms with Crippen LogP contribution in [0.25, 0.3) is 11.3 Å². The Bertz CT molecular complexity index is 1390. The Hall–Kier alpha value is -4.47. The molecule has 0 aliphatic carbocycles. The summed E-state index contributed by atoms with van der Waals surface area (Å²) in [6.07, 6.45) is 0. The van der Waals surface area contributed by atoms with E-state index in [1.165, 1.54) is 12.1 Å². The van der Waals surface area contributed by atoms with Crippen LogP contribution in [0.4, 0.5) is 11.5 Å². The van der Waals surface area contributed by atoms with Gasteiger partial charge in [0, 0.05) is 41.9 Å². The number of rotatable bonds is 7. The van der Waals surface area contributed by atoms with E-state index in [0.29, 0.717) is 45.0 Å². The Morgan fingerprint density at radius 3 is 2.47 bits per heavy atom. The van der Waals surface area contributed by atoms with Crippen molar-refractivity contribution in [2.75, 3.05) is 18.5 Å². The number of nitrogens with zero attached hydrogens (tertiary/aromatic N) is 3. The number of anilines is 1. The van der Waals surface area contributed by atoms with Gasteiger partial charge in [0.05, 0.1) is 35.0 Å². The normalized spacial score (nSPS) is 14.6. The molecule has 0 fully saturated rings. The lowest BCUT2D eigenvalue weighted by Gasteiger charge is -2.28. The highest BCUT2D eigenvalue weighted by Crippen LogP contribution is 2.47. The predicted octanol–water partition coefficient (Wildman–Crippen LogP) is 4.57. The van der Waals surface area contributed by atoms with Crippen molar-refractivity contribution in [3.05, 3.63) is 86.6 Å². The third-order valence-electron chi connectivity index (χ3n) is 5.93. The van der Waals surface area contributed by atoms with Crippen LogP contribution in [-0.2, 0) is 21.3 Å². The monoisotopic (exact) mass is 490 g/mol. The van der Waals surface area contributed by atoms with Gasteiger partial charge in [-0.3, -0.25) is 14.8 Å². The van der Waals surface area contributed by atoms with E-state index in [0.717, 1.165) is 0 Å². The third kappa shape index (κ3) is 4.45. The fourth-order valence-corrected chi connectivity index (χ4v) is 4.42. The number of fused-ring (bicyclic) bond motifs is 1. The molecule has 0 amide bonds. The highest BCUT2D eigenvalue weighted by molar-refractivity contribution is 5.96. The van der Waals surface area contributed by atoms with E-state index in [4.69, 9.17) is 14.6 Å². The lowest BCUT2D eigenvalue weighted by Crippen LogP contribution is -2.25. The van der Waals surface area contributed by atoms with E-state index in [2.05, 4.69) is 5.32 Å². The third-order valence-corrected chi connectivity index (χ3v) is 5.93. The molecule has 1 unspecified atom stereocenters. The van der Waals surface area contributed by atoms with E-state index in [9.17, 15) is 19.7 Å². The molecule has 0 bridgehead atoms. The van der Waals surface area contributed by atoms with Gasteiger partial charge in [-0.25, -0.2) is 9.59 Å². The molecule has 1 N–H and O–H groups in total. The smallest absolute Gasteiger partial charge is 0.338 e. The molecule has 0 radical (unpaired) electrons. The molecule has 1 aliphatic heterocycles. The number of allylic oxidation sites excluding steroid dienone is 1. The number of benzene rings is 2. The Morgan fingerprint density at radius 1 is 1.08 bits per heavy atom. The zero-order valence-corrected chi connectivity index (χ0v) is 20.4. The van der Waals surface area contributed by atoms with Crippen molar-refractivity contribution in [1.29, 1.82) is 0 Å². The zero-order chi connectivity index (χ0) is 26.0. The van der Waals surface area contributed by atoms with E-state index in [1.807, 2.05) is 6.07 Å². The molecule has 0 spiro atoms. The predicted molar refractivity (Wildman–Crippen MR) is 132 cm³/mol. The summed E-state index contributed by atoms with van der Waals surface area (Å²) in [6.45, 7) is 5.62. The van der Waals surface area contributed by atoms with Gasteiger partial charge in [-0.1, -0.05) is 24.3 Å². The molecular formula is C26H26N4O6. The zero-order valence-electron chi connectivity index (χ0n) is 20.4. The van der Waals surface area contributed by atoms with Crippen LogP contribution in [0.1, 0.15) is 48.2 Å². The van der Waals surface area contributed by atoms with E-state index in [1.54, 1.807) is 62.8 Å². The van der Waals surface area contributed by atoms with Gasteiger partial charge in [-0.05, 0) is 38.5 Å². The van der Waals surface area contributed by atoms with Crippen molar-refractivity contribution >= 4 is 23.4 Å². The number of non-ortho nitro benzene ring substituents is 1. The fourth-order valence-electron chi connectivity index (χ4n) is 4.42. The minimum absolute atomic E-state index is 0.0943. The molecule has 10 nitrogen and oxygen atoms in total. The average molecular weight is 491 g/mol. The second-order valence-electron chi connectivity index (χ2n) is 8.21. The largest absolute Gasteiger partial charge is 0.463 e. The van der Waals surface area contributed by atoms with E-state index >= 15 is 0 Å². The van der Waals surface area contributed by atoms with Crippen molar-refractivity contribution in [3.8, 4) is 11.3 Å². The molecule has 1 aliphatic rings. The molecule has 2 aromatic carbocycles. The molecule has 10 heteroatoms. The van der Waals surface area contributed by atoms with Gasteiger partial charge in [-0.15, -0.1) is 0 Å². The van der Waals surface area contributed by atoms with E-state index < -0.39 is 22.8 Å². The van der Waals surface area contributed by atoms with Gasteiger partial charge >= 0.3 is 11.9 Å². The molecule has 3 aromatic rings. The second kappa shape index (κ2) is 10.0. The molecular weight excluding hydrogens is 464 g/mol. The number of aromatic nitrogens is 2. The van der Waals surface area contributed by atoms with Gasteiger partial charge in [0.25, 0.3) is 5.69 Å². The van der Waals surface area contributed by atoms with Crippen LogP contribution in [0.2, 0.25) is 0 Å². The van der Waals surface area contributed by atoms with Gasteiger partial charge in [0.2, 0.25) is 0 Å². The number of nitrogens with one attached hydrogen (secondary N) is 1. The molecule has 1 aromatic heterocycles. The van der Waals surface area contributed by atoms with Crippen LogP contribution in [0.3, 0.4) is 0 Å². The van der Waals surface area contributed by atoms with Crippen molar-refractivity contribution in [1.82, 2.24) is 9.78 Å². The Labute approximate surface area is 207 Å². The molecule has 4 rings (SSSR count). The lowest BCUT2D eigenvalue weighted by molar-refractivity contribution is -0.384. The van der Waals surface area contributed by atoms with Gasteiger partial charge in [0.15, 0.2) is 0 Å². The first-order valence-corrected chi connectivity index (χ1v) is 11.5. The van der Waals surface area contributed by atoms with Crippen LogP contribution < -0.4 is 5.32 Å². The molecule has 0 saturated heterocycles. The summed E-state index contributed by atoms with van der Waals surface area (Å²) in [6, 6.07) is 13.1. The maximum atomic E-state index is 13.1. The number of carbonyl (C=O) groups is 2. The lowest BCUT2D eigenvalue weighted by atomic mass is 9.80. The molecule has 2 heterocycles. The van der Waals surface area contributed by atoms with Crippen LogP contribution >= 0.6 is 0 Å². The van der Waals surface area contributed by atoms with Crippen molar-refractivity contribution in [2.45, 2.75) is 26.7 Å². The van der Waals surface area contributed by atoms with Crippen LogP contribution in [-0.4, -0.2) is 39.9 Å².